The van der Waals surface area contributed by atoms with Gasteiger partial charge < -0.3 is 9.64 Å². The van der Waals surface area contributed by atoms with Crippen LogP contribution in [0.25, 0.3) is 0 Å². The Morgan fingerprint density at radius 1 is 1.07 bits per heavy atom. The monoisotopic (exact) mass is 386 g/mol. The van der Waals surface area contributed by atoms with Gasteiger partial charge in [-0.05, 0) is 36.6 Å². The minimum atomic E-state index is 0.0812. The van der Waals surface area contributed by atoms with Crippen LogP contribution in [-0.4, -0.2) is 30.0 Å². The fourth-order valence-corrected chi connectivity index (χ4v) is 3.76. The standard InChI is InChI=1S/C25H26N2O2/c1-19-11-14-25(26-17-19)29-21-15-16-27(18-21)23-10-6-5-9-22(23)24(28)13-12-20-7-3-2-4-8-20/h2-11,14,17,21H,12-13,15-16,18H2,1H3/t21-/m1/s1. The number of Topliss-reactive ketones (excluding diaryl/α,β-unsaturated/α-hetero) is 1. The molecule has 0 spiro atoms. The first-order valence-electron chi connectivity index (χ1n) is 10.2. The number of anilines is 1. The molecule has 1 saturated heterocycles. The molecule has 29 heavy (non-hydrogen) atoms. The number of benzene rings is 2. The molecule has 0 aliphatic carbocycles. The molecule has 3 aromatic rings. The van der Waals surface area contributed by atoms with Crippen LogP contribution < -0.4 is 9.64 Å². The lowest BCUT2D eigenvalue weighted by molar-refractivity contribution is 0.0983. The average Bonchev–Trinajstić information content (AvgIpc) is 3.23. The lowest BCUT2D eigenvalue weighted by atomic mass is 10.0. The van der Waals surface area contributed by atoms with Gasteiger partial charge in [0.1, 0.15) is 6.10 Å². The fourth-order valence-electron chi connectivity index (χ4n) is 3.76. The van der Waals surface area contributed by atoms with E-state index >= 15 is 0 Å². The van der Waals surface area contributed by atoms with Crippen molar-refractivity contribution in [1.82, 2.24) is 4.98 Å². The summed E-state index contributed by atoms with van der Waals surface area (Å²) >= 11 is 0. The molecule has 1 aromatic heterocycles. The van der Waals surface area contributed by atoms with Crippen LogP contribution in [0.15, 0.2) is 72.9 Å². The Kier molecular flexibility index (Phi) is 5.89. The van der Waals surface area contributed by atoms with Crippen molar-refractivity contribution in [3.8, 4) is 5.88 Å². The van der Waals surface area contributed by atoms with Gasteiger partial charge in [0.15, 0.2) is 5.78 Å². The summed E-state index contributed by atoms with van der Waals surface area (Å²) in [5, 5.41) is 0. The Bertz CT molecular complexity index is 954. The van der Waals surface area contributed by atoms with Crippen LogP contribution in [0.4, 0.5) is 5.69 Å². The summed E-state index contributed by atoms with van der Waals surface area (Å²) < 4.78 is 6.05. The van der Waals surface area contributed by atoms with Crippen LogP contribution in [0.3, 0.4) is 0 Å². The lowest BCUT2D eigenvalue weighted by Gasteiger charge is -2.21. The van der Waals surface area contributed by atoms with Crippen molar-refractivity contribution < 1.29 is 9.53 Å². The number of para-hydroxylation sites is 1. The molecule has 4 heteroatoms. The largest absolute Gasteiger partial charge is 0.472 e. The molecule has 148 valence electrons. The summed E-state index contributed by atoms with van der Waals surface area (Å²) in [5.74, 6) is 0.851. The van der Waals surface area contributed by atoms with Gasteiger partial charge in [0.25, 0.3) is 0 Å². The van der Waals surface area contributed by atoms with E-state index in [0.29, 0.717) is 12.3 Å². The first kappa shape index (κ1) is 19.2. The van der Waals surface area contributed by atoms with Crippen molar-refractivity contribution in [2.75, 3.05) is 18.0 Å². The fraction of sp³-hybridized carbons (Fsp3) is 0.280. The van der Waals surface area contributed by atoms with E-state index < -0.39 is 0 Å². The maximum Gasteiger partial charge on any atom is 0.213 e. The second-order valence-electron chi connectivity index (χ2n) is 7.57. The van der Waals surface area contributed by atoms with Crippen molar-refractivity contribution >= 4 is 11.5 Å². The summed E-state index contributed by atoms with van der Waals surface area (Å²) in [5.41, 5.74) is 4.12. The van der Waals surface area contributed by atoms with Gasteiger partial charge in [-0.2, -0.15) is 0 Å². The molecular weight excluding hydrogens is 360 g/mol. The van der Waals surface area contributed by atoms with Crippen molar-refractivity contribution in [3.05, 3.63) is 89.6 Å². The number of hydrogen-bond acceptors (Lipinski definition) is 4. The highest BCUT2D eigenvalue weighted by atomic mass is 16.5. The SMILES string of the molecule is Cc1ccc(O[C@@H]2CCN(c3ccccc3C(=O)CCc3ccccc3)C2)nc1. The Balaban J connectivity index is 1.41. The van der Waals surface area contributed by atoms with E-state index in [4.69, 9.17) is 4.74 Å². The van der Waals surface area contributed by atoms with Gasteiger partial charge in [0.2, 0.25) is 5.88 Å². The molecule has 2 heterocycles. The van der Waals surface area contributed by atoms with Crippen LogP contribution in [-0.2, 0) is 6.42 Å². The third kappa shape index (κ3) is 4.83. The number of aryl methyl sites for hydroxylation is 2. The number of hydrogen-bond donors (Lipinski definition) is 0. The highest BCUT2D eigenvalue weighted by molar-refractivity contribution is 6.01. The van der Waals surface area contributed by atoms with E-state index in [9.17, 15) is 4.79 Å². The summed E-state index contributed by atoms with van der Waals surface area (Å²) in [7, 11) is 0. The number of ether oxygens (including phenoxy) is 1. The van der Waals surface area contributed by atoms with E-state index in [0.717, 1.165) is 42.7 Å². The third-order valence-electron chi connectivity index (χ3n) is 5.35. The van der Waals surface area contributed by atoms with E-state index in [-0.39, 0.29) is 11.9 Å². The Morgan fingerprint density at radius 2 is 1.86 bits per heavy atom. The number of rotatable bonds is 7. The minimum Gasteiger partial charge on any atom is -0.472 e. The molecule has 2 aromatic carbocycles. The van der Waals surface area contributed by atoms with Crippen LogP contribution >= 0.6 is 0 Å². The Morgan fingerprint density at radius 3 is 2.66 bits per heavy atom. The molecular formula is C25H26N2O2. The van der Waals surface area contributed by atoms with Crippen molar-refractivity contribution in [2.24, 2.45) is 0 Å². The molecule has 1 aliphatic heterocycles. The molecule has 0 saturated carbocycles. The van der Waals surface area contributed by atoms with Gasteiger partial charge in [-0.1, -0.05) is 48.5 Å². The lowest BCUT2D eigenvalue weighted by Crippen LogP contribution is -2.26. The summed E-state index contributed by atoms with van der Waals surface area (Å²) in [6.45, 7) is 3.65. The molecule has 1 atom stereocenters. The number of ketones is 1. The second kappa shape index (κ2) is 8.91. The van der Waals surface area contributed by atoms with Gasteiger partial charge in [0, 0.05) is 42.9 Å². The quantitative estimate of drug-likeness (QED) is 0.544. The highest BCUT2D eigenvalue weighted by Gasteiger charge is 2.27. The summed E-state index contributed by atoms with van der Waals surface area (Å²) in [4.78, 5) is 19.5. The smallest absolute Gasteiger partial charge is 0.213 e. The third-order valence-corrected chi connectivity index (χ3v) is 5.35. The van der Waals surface area contributed by atoms with Crippen LogP contribution in [0.1, 0.15) is 34.3 Å². The van der Waals surface area contributed by atoms with Gasteiger partial charge >= 0.3 is 0 Å². The van der Waals surface area contributed by atoms with Gasteiger partial charge in [-0.25, -0.2) is 4.98 Å². The zero-order valence-corrected chi connectivity index (χ0v) is 16.8. The normalized spacial score (nSPS) is 16.0. The topological polar surface area (TPSA) is 42.4 Å². The second-order valence-corrected chi connectivity index (χ2v) is 7.57. The molecule has 0 bridgehead atoms. The van der Waals surface area contributed by atoms with Crippen LogP contribution in [0.2, 0.25) is 0 Å². The predicted molar refractivity (Wildman–Crippen MR) is 116 cm³/mol. The maximum absolute atomic E-state index is 12.9. The predicted octanol–water partition coefficient (Wildman–Crippen LogP) is 4.86. The minimum absolute atomic E-state index is 0.0812. The van der Waals surface area contributed by atoms with E-state index in [1.54, 1.807) is 0 Å². The van der Waals surface area contributed by atoms with Crippen LogP contribution in [0, 0.1) is 6.92 Å². The van der Waals surface area contributed by atoms with Crippen molar-refractivity contribution in [2.45, 2.75) is 32.3 Å². The number of pyridine rings is 1. The molecule has 4 rings (SSSR count). The summed E-state index contributed by atoms with van der Waals surface area (Å²) in [6, 6.07) is 22.0. The zero-order chi connectivity index (χ0) is 20.1. The molecule has 0 amide bonds. The van der Waals surface area contributed by atoms with Crippen molar-refractivity contribution in [3.63, 3.8) is 0 Å². The van der Waals surface area contributed by atoms with Gasteiger partial charge in [-0.3, -0.25) is 4.79 Å². The molecule has 4 nitrogen and oxygen atoms in total. The molecule has 0 radical (unpaired) electrons. The molecule has 0 unspecified atom stereocenters. The van der Waals surface area contributed by atoms with E-state index in [1.807, 2.05) is 67.7 Å². The van der Waals surface area contributed by atoms with Crippen LogP contribution in [0.5, 0.6) is 5.88 Å². The number of nitrogens with zero attached hydrogens (tertiary/aromatic N) is 2. The van der Waals surface area contributed by atoms with Gasteiger partial charge in [0.05, 0.1) is 6.54 Å². The summed E-state index contributed by atoms with van der Waals surface area (Å²) in [6.07, 6.45) is 4.10. The first-order valence-corrected chi connectivity index (χ1v) is 10.2. The first-order chi connectivity index (χ1) is 14.2. The van der Waals surface area contributed by atoms with E-state index in [2.05, 4.69) is 22.0 Å². The molecule has 1 aliphatic rings. The average molecular weight is 386 g/mol. The molecule has 1 fully saturated rings. The molecule has 0 N–H and O–H groups in total. The number of aromatic nitrogens is 1. The maximum atomic E-state index is 12.9. The van der Waals surface area contributed by atoms with Crippen molar-refractivity contribution in [1.29, 1.82) is 0 Å². The van der Waals surface area contributed by atoms with E-state index in [1.165, 1.54) is 5.56 Å². The van der Waals surface area contributed by atoms with Gasteiger partial charge in [-0.15, -0.1) is 0 Å². The Hall–Kier alpha value is -3.14. The number of carbonyl (C=O) groups is 1. The Labute approximate surface area is 172 Å². The zero-order valence-electron chi connectivity index (χ0n) is 16.8. The number of carbonyl (C=O) groups excluding carboxylic acids is 1. The highest BCUT2D eigenvalue weighted by Crippen LogP contribution is 2.27.